The molecule has 2 heteroatoms. The Kier molecular flexibility index (Phi) is 3.00. The van der Waals surface area contributed by atoms with Gasteiger partial charge in [-0.1, -0.05) is 48.4 Å². The molecule has 1 saturated carbocycles. The SMILES string of the molecule is Oc1ccc(-c2ccccc2C2CCC2)cc1Cl. The highest BCUT2D eigenvalue weighted by molar-refractivity contribution is 6.32. The van der Waals surface area contributed by atoms with Gasteiger partial charge >= 0.3 is 0 Å². The van der Waals surface area contributed by atoms with Gasteiger partial charge in [-0.2, -0.15) is 0 Å². The Hall–Kier alpha value is -1.47. The molecule has 0 atom stereocenters. The van der Waals surface area contributed by atoms with E-state index >= 15 is 0 Å². The van der Waals surface area contributed by atoms with E-state index in [0.717, 1.165) is 5.56 Å². The largest absolute Gasteiger partial charge is 0.506 e. The Bertz CT molecular complexity index is 573. The first-order valence-corrected chi connectivity index (χ1v) is 6.71. The average Bonchev–Trinajstić information content (AvgIpc) is 2.31. The molecule has 0 aromatic heterocycles. The van der Waals surface area contributed by atoms with E-state index in [1.165, 1.54) is 30.4 Å². The van der Waals surface area contributed by atoms with Crippen molar-refractivity contribution in [2.75, 3.05) is 0 Å². The van der Waals surface area contributed by atoms with Crippen molar-refractivity contribution in [3.63, 3.8) is 0 Å². The van der Waals surface area contributed by atoms with Crippen LogP contribution in [0.3, 0.4) is 0 Å². The van der Waals surface area contributed by atoms with E-state index in [9.17, 15) is 5.11 Å². The van der Waals surface area contributed by atoms with Crippen molar-refractivity contribution in [2.45, 2.75) is 25.2 Å². The van der Waals surface area contributed by atoms with Gasteiger partial charge in [0.05, 0.1) is 5.02 Å². The van der Waals surface area contributed by atoms with E-state index in [4.69, 9.17) is 11.6 Å². The van der Waals surface area contributed by atoms with Crippen molar-refractivity contribution >= 4 is 11.6 Å². The third kappa shape index (κ3) is 1.99. The molecule has 0 bridgehead atoms. The van der Waals surface area contributed by atoms with Gasteiger partial charge in [0.15, 0.2) is 0 Å². The second-order valence-corrected chi connectivity index (χ2v) is 5.29. The summed E-state index contributed by atoms with van der Waals surface area (Å²) >= 11 is 5.99. The molecule has 0 amide bonds. The molecule has 0 saturated heterocycles. The maximum absolute atomic E-state index is 9.49. The van der Waals surface area contributed by atoms with Crippen LogP contribution in [0.5, 0.6) is 5.75 Å². The predicted molar refractivity (Wildman–Crippen MR) is 75.1 cm³/mol. The number of hydrogen-bond acceptors (Lipinski definition) is 1. The Morgan fingerprint density at radius 1 is 1.06 bits per heavy atom. The second-order valence-electron chi connectivity index (χ2n) is 4.88. The number of hydrogen-bond donors (Lipinski definition) is 1. The van der Waals surface area contributed by atoms with Crippen molar-refractivity contribution in [3.8, 4) is 16.9 Å². The van der Waals surface area contributed by atoms with Gasteiger partial charge < -0.3 is 5.11 Å². The van der Waals surface area contributed by atoms with E-state index in [1.54, 1.807) is 6.07 Å². The summed E-state index contributed by atoms with van der Waals surface area (Å²) in [6.07, 6.45) is 3.89. The maximum Gasteiger partial charge on any atom is 0.134 e. The van der Waals surface area contributed by atoms with Crippen LogP contribution in [0, 0.1) is 0 Å². The lowest BCUT2D eigenvalue weighted by atomic mass is 9.77. The molecule has 18 heavy (non-hydrogen) atoms. The van der Waals surface area contributed by atoms with Crippen LogP contribution in [0.4, 0.5) is 0 Å². The smallest absolute Gasteiger partial charge is 0.134 e. The van der Waals surface area contributed by atoms with Gasteiger partial charge in [0.2, 0.25) is 0 Å². The van der Waals surface area contributed by atoms with Gasteiger partial charge in [-0.3, -0.25) is 0 Å². The Morgan fingerprint density at radius 3 is 2.50 bits per heavy atom. The van der Waals surface area contributed by atoms with Gasteiger partial charge in [0.1, 0.15) is 5.75 Å². The first kappa shape index (κ1) is 11.6. The fourth-order valence-corrected chi connectivity index (χ4v) is 2.69. The molecular weight excluding hydrogens is 244 g/mol. The van der Waals surface area contributed by atoms with E-state index in [0.29, 0.717) is 10.9 Å². The molecule has 2 aromatic rings. The van der Waals surface area contributed by atoms with Crippen LogP contribution in [-0.2, 0) is 0 Å². The normalized spacial score (nSPS) is 15.4. The van der Waals surface area contributed by atoms with Gasteiger partial charge in [0, 0.05) is 0 Å². The molecule has 1 fully saturated rings. The molecule has 92 valence electrons. The number of halogens is 1. The molecule has 3 rings (SSSR count). The number of benzene rings is 2. The second kappa shape index (κ2) is 4.66. The highest BCUT2D eigenvalue weighted by Gasteiger charge is 2.22. The van der Waals surface area contributed by atoms with Crippen molar-refractivity contribution in [2.24, 2.45) is 0 Å². The van der Waals surface area contributed by atoms with Crippen molar-refractivity contribution < 1.29 is 5.11 Å². The monoisotopic (exact) mass is 258 g/mol. The number of phenols is 1. The summed E-state index contributed by atoms with van der Waals surface area (Å²) in [7, 11) is 0. The van der Waals surface area contributed by atoms with Crippen LogP contribution in [0.15, 0.2) is 42.5 Å². The van der Waals surface area contributed by atoms with E-state index < -0.39 is 0 Å². The molecule has 0 spiro atoms. The summed E-state index contributed by atoms with van der Waals surface area (Å²) < 4.78 is 0. The molecule has 0 aliphatic heterocycles. The molecular formula is C16H15ClO. The van der Waals surface area contributed by atoms with Crippen LogP contribution in [0.2, 0.25) is 5.02 Å². The molecule has 1 aliphatic carbocycles. The van der Waals surface area contributed by atoms with Crippen LogP contribution >= 0.6 is 11.6 Å². The minimum absolute atomic E-state index is 0.140. The first-order valence-electron chi connectivity index (χ1n) is 6.33. The average molecular weight is 259 g/mol. The van der Waals surface area contributed by atoms with Crippen molar-refractivity contribution in [1.82, 2.24) is 0 Å². The Labute approximate surface area is 112 Å². The molecule has 2 aromatic carbocycles. The summed E-state index contributed by atoms with van der Waals surface area (Å²) in [5, 5.41) is 9.91. The fraction of sp³-hybridized carbons (Fsp3) is 0.250. The van der Waals surface area contributed by atoms with Crippen LogP contribution in [0.1, 0.15) is 30.7 Å². The predicted octanol–water partition coefficient (Wildman–Crippen LogP) is 4.98. The number of phenolic OH excluding ortho intramolecular Hbond substituents is 1. The maximum atomic E-state index is 9.49. The summed E-state index contributed by atoms with van der Waals surface area (Å²) in [4.78, 5) is 0. The summed E-state index contributed by atoms with van der Waals surface area (Å²) in [6, 6.07) is 13.9. The lowest BCUT2D eigenvalue weighted by molar-refractivity contribution is 0.420. The minimum Gasteiger partial charge on any atom is -0.506 e. The molecule has 0 unspecified atom stereocenters. The summed E-state index contributed by atoms with van der Waals surface area (Å²) in [5.41, 5.74) is 3.73. The minimum atomic E-state index is 0.140. The van der Waals surface area contributed by atoms with Gasteiger partial charge in [-0.15, -0.1) is 0 Å². The quantitative estimate of drug-likeness (QED) is 0.805. The summed E-state index contributed by atoms with van der Waals surface area (Å²) in [6.45, 7) is 0. The fourth-order valence-electron chi connectivity index (χ4n) is 2.51. The zero-order valence-corrected chi connectivity index (χ0v) is 10.8. The van der Waals surface area contributed by atoms with E-state index in [1.807, 2.05) is 12.1 Å². The van der Waals surface area contributed by atoms with Crippen LogP contribution in [0.25, 0.3) is 11.1 Å². The van der Waals surface area contributed by atoms with Crippen LogP contribution in [-0.4, -0.2) is 5.11 Å². The molecule has 0 heterocycles. The zero-order chi connectivity index (χ0) is 12.5. The first-order chi connectivity index (χ1) is 8.75. The molecule has 0 radical (unpaired) electrons. The highest BCUT2D eigenvalue weighted by atomic mass is 35.5. The third-order valence-electron chi connectivity index (χ3n) is 3.76. The molecule has 1 nitrogen and oxygen atoms in total. The number of aromatic hydroxyl groups is 1. The van der Waals surface area contributed by atoms with Gasteiger partial charge in [-0.25, -0.2) is 0 Å². The highest BCUT2D eigenvalue weighted by Crippen LogP contribution is 2.41. The zero-order valence-electron chi connectivity index (χ0n) is 10.1. The standard InChI is InChI=1S/C16H15ClO/c17-15-10-12(8-9-16(15)18)14-7-2-1-6-13(14)11-4-3-5-11/h1-2,6-11,18H,3-5H2. The molecule has 1 N–H and O–H groups in total. The van der Waals surface area contributed by atoms with E-state index in [2.05, 4.69) is 24.3 Å². The lowest BCUT2D eigenvalue weighted by Crippen LogP contribution is -2.09. The molecule has 1 aliphatic rings. The van der Waals surface area contributed by atoms with Crippen molar-refractivity contribution in [3.05, 3.63) is 53.1 Å². The lowest BCUT2D eigenvalue weighted by Gasteiger charge is -2.28. The Morgan fingerprint density at radius 2 is 1.83 bits per heavy atom. The summed E-state index contributed by atoms with van der Waals surface area (Å²) in [5.74, 6) is 0.829. The third-order valence-corrected chi connectivity index (χ3v) is 4.07. The van der Waals surface area contributed by atoms with Gasteiger partial charge in [0.25, 0.3) is 0 Å². The van der Waals surface area contributed by atoms with Crippen LogP contribution < -0.4 is 0 Å². The topological polar surface area (TPSA) is 20.2 Å². The van der Waals surface area contributed by atoms with E-state index in [-0.39, 0.29) is 5.75 Å². The van der Waals surface area contributed by atoms with Gasteiger partial charge in [-0.05, 0) is 47.6 Å². The Balaban J connectivity index is 2.07. The van der Waals surface area contributed by atoms with Crippen molar-refractivity contribution in [1.29, 1.82) is 0 Å². The number of rotatable bonds is 2.